The first-order valence-corrected chi connectivity index (χ1v) is 8.25. The summed E-state index contributed by atoms with van der Waals surface area (Å²) in [5.41, 5.74) is 1.67. The van der Waals surface area contributed by atoms with Crippen LogP contribution in [-0.2, 0) is 16.1 Å². The van der Waals surface area contributed by atoms with Gasteiger partial charge in [0, 0.05) is 24.8 Å². The Hall–Kier alpha value is -1.83. The highest BCUT2D eigenvalue weighted by Crippen LogP contribution is 2.10. The van der Waals surface area contributed by atoms with Gasteiger partial charge in [0.1, 0.15) is 6.04 Å². The molecular formula is C17H27ClN4O3. The molecule has 0 radical (unpaired) electrons. The molecule has 0 saturated carbocycles. The second-order valence-corrected chi connectivity index (χ2v) is 6.18. The van der Waals surface area contributed by atoms with Crippen molar-refractivity contribution in [3.63, 3.8) is 0 Å². The summed E-state index contributed by atoms with van der Waals surface area (Å²) in [5.74, 6) is -0.0688. The van der Waals surface area contributed by atoms with Gasteiger partial charge in [-0.15, -0.1) is 12.4 Å². The molecule has 2 rings (SSSR count). The molecule has 140 valence electrons. The molecule has 1 heterocycles. The lowest BCUT2D eigenvalue weighted by molar-refractivity contribution is -0.129. The molecule has 1 aliphatic heterocycles. The van der Waals surface area contributed by atoms with Crippen molar-refractivity contribution in [2.75, 3.05) is 18.5 Å². The lowest BCUT2D eigenvalue weighted by Gasteiger charge is -2.29. The summed E-state index contributed by atoms with van der Waals surface area (Å²) >= 11 is 0. The number of amides is 3. The van der Waals surface area contributed by atoms with Crippen LogP contribution in [0.5, 0.6) is 0 Å². The van der Waals surface area contributed by atoms with Gasteiger partial charge in [-0.2, -0.15) is 0 Å². The Kier molecular flexibility index (Phi) is 8.68. The third-order valence-corrected chi connectivity index (χ3v) is 3.70. The maximum absolute atomic E-state index is 12.2. The van der Waals surface area contributed by atoms with Crippen LogP contribution in [0, 0.1) is 0 Å². The topological polar surface area (TPSA) is 91.5 Å². The van der Waals surface area contributed by atoms with E-state index in [2.05, 4.69) is 21.3 Å². The highest BCUT2D eigenvalue weighted by Gasteiger charge is 2.27. The Bertz CT molecular complexity index is 566. The molecule has 0 unspecified atom stereocenters. The molecule has 0 bridgehead atoms. The number of ether oxygens (including phenoxy) is 1. The van der Waals surface area contributed by atoms with Crippen LogP contribution in [-0.4, -0.2) is 43.3 Å². The fourth-order valence-corrected chi connectivity index (χ4v) is 2.46. The molecule has 1 aromatic carbocycles. The molecule has 3 amide bonds. The molecule has 1 saturated heterocycles. The van der Waals surface area contributed by atoms with Crippen LogP contribution in [0.3, 0.4) is 0 Å². The zero-order valence-corrected chi connectivity index (χ0v) is 15.6. The number of hydrogen-bond acceptors (Lipinski definition) is 4. The van der Waals surface area contributed by atoms with Crippen LogP contribution >= 0.6 is 12.4 Å². The number of halogens is 1. The summed E-state index contributed by atoms with van der Waals surface area (Å²) < 4.78 is 5.47. The smallest absolute Gasteiger partial charge is 0.319 e. The van der Waals surface area contributed by atoms with Gasteiger partial charge in [0.15, 0.2) is 0 Å². The molecule has 8 heteroatoms. The fourth-order valence-electron chi connectivity index (χ4n) is 2.46. The Balaban J connectivity index is 0.00000312. The van der Waals surface area contributed by atoms with Crippen LogP contribution in [0.25, 0.3) is 0 Å². The summed E-state index contributed by atoms with van der Waals surface area (Å²) in [5, 5.41) is 11.6. The summed E-state index contributed by atoms with van der Waals surface area (Å²) in [7, 11) is 0. The van der Waals surface area contributed by atoms with Gasteiger partial charge in [-0.25, -0.2) is 4.79 Å². The van der Waals surface area contributed by atoms with Crippen molar-refractivity contribution in [2.24, 2.45) is 0 Å². The molecule has 2 atom stereocenters. The first-order chi connectivity index (χ1) is 11.5. The summed E-state index contributed by atoms with van der Waals surface area (Å²) in [6, 6.07) is 6.90. The minimum Gasteiger partial charge on any atom is -0.375 e. The molecule has 1 aliphatic rings. The highest BCUT2D eigenvalue weighted by molar-refractivity contribution is 5.89. The zero-order chi connectivity index (χ0) is 17.5. The van der Waals surface area contributed by atoms with Crippen molar-refractivity contribution in [3.8, 4) is 0 Å². The lowest BCUT2D eigenvalue weighted by atomic mass is 10.1. The van der Waals surface area contributed by atoms with E-state index in [9.17, 15) is 9.59 Å². The number of hydrogen-bond donors (Lipinski definition) is 4. The molecule has 25 heavy (non-hydrogen) atoms. The zero-order valence-electron chi connectivity index (χ0n) is 14.8. The van der Waals surface area contributed by atoms with Gasteiger partial charge in [0.2, 0.25) is 5.91 Å². The average Bonchev–Trinajstić information content (AvgIpc) is 2.53. The lowest BCUT2D eigenvalue weighted by Crippen LogP contribution is -2.55. The Morgan fingerprint density at radius 1 is 1.28 bits per heavy atom. The Labute approximate surface area is 154 Å². The molecular weight excluding hydrogens is 344 g/mol. The van der Waals surface area contributed by atoms with Crippen molar-refractivity contribution in [3.05, 3.63) is 29.8 Å². The van der Waals surface area contributed by atoms with E-state index in [-0.39, 0.29) is 42.5 Å². The van der Waals surface area contributed by atoms with E-state index >= 15 is 0 Å². The van der Waals surface area contributed by atoms with E-state index in [1.54, 1.807) is 0 Å². The third kappa shape index (κ3) is 6.89. The number of morpholine rings is 1. The molecule has 4 N–H and O–H groups in total. The van der Waals surface area contributed by atoms with Gasteiger partial charge >= 0.3 is 6.03 Å². The van der Waals surface area contributed by atoms with E-state index in [4.69, 9.17) is 4.74 Å². The van der Waals surface area contributed by atoms with E-state index < -0.39 is 0 Å². The fraction of sp³-hybridized carbons (Fsp3) is 0.529. The van der Waals surface area contributed by atoms with Crippen molar-refractivity contribution in [2.45, 2.75) is 45.5 Å². The maximum atomic E-state index is 12.2. The number of rotatable bonds is 5. The molecule has 1 aromatic rings. The third-order valence-electron chi connectivity index (χ3n) is 3.70. The summed E-state index contributed by atoms with van der Waals surface area (Å²) in [6.07, 6.45) is -0.134. The predicted octanol–water partition coefficient (Wildman–Crippen LogP) is 1.63. The second kappa shape index (κ2) is 10.2. The summed E-state index contributed by atoms with van der Waals surface area (Å²) in [4.78, 5) is 23.8. The SMILES string of the molecule is CC(C)NC(=O)Nc1ccc(CNC(=O)[C@H]2NCCO[C@@H]2C)cc1.Cl. The van der Waals surface area contributed by atoms with E-state index in [1.165, 1.54) is 0 Å². The van der Waals surface area contributed by atoms with Crippen molar-refractivity contribution >= 4 is 30.0 Å². The standard InChI is InChI=1S/C17H26N4O3.ClH/c1-11(2)20-17(23)21-14-6-4-13(5-7-14)10-19-16(22)15-12(3)24-9-8-18-15;/h4-7,11-12,15,18H,8-10H2,1-3H3,(H,19,22)(H2,20,21,23);1H/t12-,15+;/m1./s1. The van der Waals surface area contributed by atoms with E-state index in [0.717, 1.165) is 5.56 Å². The van der Waals surface area contributed by atoms with E-state index in [0.29, 0.717) is 25.4 Å². The molecule has 0 aliphatic carbocycles. The molecule has 1 fully saturated rings. The minimum atomic E-state index is -0.320. The number of nitrogens with one attached hydrogen (secondary N) is 4. The number of carbonyl (C=O) groups excluding carboxylic acids is 2. The molecule has 0 spiro atoms. The van der Waals surface area contributed by atoms with Gasteiger partial charge in [-0.05, 0) is 38.5 Å². The molecule has 0 aromatic heterocycles. The Morgan fingerprint density at radius 2 is 1.96 bits per heavy atom. The summed E-state index contributed by atoms with van der Waals surface area (Å²) in [6.45, 7) is 7.43. The van der Waals surface area contributed by atoms with Crippen molar-refractivity contribution in [1.29, 1.82) is 0 Å². The van der Waals surface area contributed by atoms with Crippen molar-refractivity contribution in [1.82, 2.24) is 16.0 Å². The molecule has 7 nitrogen and oxygen atoms in total. The van der Waals surface area contributed by atoms with Gasteiger partial charge < -0.3 is 26.0 Å². The average molecular weight is 371 g/mol. The van der Waals surface area contributed by atoms with Crippen LogP contribution in [0.1, 0.15) is 26.3 Å². The minimum absolute atomic E-state index is 0. The van der Waals surface area contributed by atoms with E-state index in [1.807, 2.05) is 45.0 Å². The number of urea groups is 1. The number of anilines is 1. The monoisotopic (exact) mass is 370 g/mol. The van der Waals surface area contributed by atoms with Gasteiger partial charge in [-0.3, -0.25) is 4.79 Å². The maximum Gasteiger partial charge on any atom is 0.319 e. The van der Waals surface area contributed by atoms with Crippen LogP contribution in [0.2, 0.25) is 0 Å². The van der Waals surface area contributed by atoms with Crippen LogP contribution in [0.4, 0.5) is 10.5 Å². The first kappa shape index (κ1) is 21.2. The largest absolute Gasteiger partial charge is 0.375 e. The highest BCUT2D eigenvalue weighted by atomic mass is 35.5. The van der Waals surface area contributed by atoms with Gasteiger partial charge in [0.05, 0.1) is 12.7 Å². The van der Waals surface area contributed by atoms with Crippen LogP contribution < -0.4 is 21.3 Å². The van der Waals surface area contributed by atoms with Crippen molar-refractivity contribution < 1.29 is 14.3 Å². The predicted molar refractivity (Wildman–Crippen MR) is 100 cm³/mol. The van der Waals surface area contributed by atoms with Gasteiger partial charge in [-0.1, -0.05) is 12.1 Å². The first-order valence-electron chi connectivity index (χ1n) is 8.25. The quantitative estimate of drug-likeness (QED) is 0.634. The number of benzene rings is 1. The Morgan fingerprint density at radius 3 is 2.56 bits per heavy atom. The normalized spacial score (nSPS) is 19.7. The van der Waals surface area contributed by atoms with Crippen LogP contribution in [0.15, 0.2) is 24.3 Å². The number of carbonyl (C=O) groups is 2. The van der Waals surface area contributed by atoms with Gasteiger partial charge in [0.25, 0.3) is 0 Å². The second-order valence-electron chi connectivity index (χ2n) is 6.18.